The number of halogens is 2. The van der Waals surface area contributed by atoms with E-state index in [-0.39, 0.29) is 30.3 Å². The molecule has 0 amide bonds. The highest BCUT2D eigenvalue weighted by Crippen LogP contribution is 2.23. The Morgan fingerprint density at radius 1 is 0.230 bits per heavy atom. The SMILES string of the molecule is CCCCC/C=C\C/C=C\CCCCCCCCC(CCCCCCCC/C=C\C/C=C\CCCCC)OC(=O)/C=C/CBr.CCCCC/C=C\C/C=C\CCCCCCCCC(CCCCCCCC/C=C\C/C=C\CCCCC)OC(=O)/C=C/CN(C)C.CCCCC/C=C\C/C=C\CCCCCCCCC(O)CCCCCCCC/C=C\C/C=C\CCCCC.O=C(O)/C=C/CBr. The van der Waals surface area contributed by atoms with Crippen molar-refractivity contribution in [2.24, 2.45) is 0 Å². The molecule has 0 spiro atoms. The number of aliphatic hydroxyl groups excluding tert-OH is 1. The molecule has 0 saturated heterocycles. The lowest BCUT2D eigenvalue weighted by atomic mass is 10.0. The highest BCUT2D eigenvalue weighted by Gasteiger charge is 2.15. The third-order valence-electron chi connectivity index (χ3n) is 24.4. The van der Waals surface area contributed by atoms with Crippen LogP contribution in [0.2, 0.25) is 0 Å². The molecule has 2 N–H and O–H groups in total. The maximum Gasteiger partial charge on any atom is 0.330 e. The molecule has 0 radical (unpaired) electrons. The Morgan fingerprint density at radius 2 is 0.400 bits per heavy atom. The van der Waals surface area contributed by atoms with Crippen molar-refractivity contribution in [2.75, 3.05) is 31.3 Å². The van der Waals surface area contributed by atoms with E-state index >= 15 is 0 Å². The van der Waals surface area contributed by atoms with Gasteiger partial charge in [-0.15, -0.1) is 0 Å². The number of rotatable bonds is 99. The highest BCUT2D eigenvalue weighted by atomic mass is 79.9. The predicted octanol–water partition coefficient (Wildman–Crippen LogP) is 41.5. The quantitative estimate of drug-likeness (QED) is 0.0204. The van der Waals surface area contributed by atoms with Gasteiger partial charge in [-0.05, 0) is 271 Å². The zero-order valence-corrected chi connectivity index (χ0v) is 93.1. The second-order valence-corrected chi connectivity index (χ2v) is 39.4. The summed E-state index contributed by atoms with van der Waals surface area (Å²) in [4.78, 5) is 36.3. The minimum Gasteiger partial charge on any atom is -0.478 e. The van der Waals surface area contributed by atoms with Crippen molar-refractivity contribution in [3.8, 4) is 0 Å². The molecule has 8 nitrogen and oxygen atoms in total. The first-order valence-electron chi connectivity index (χ1n) is 57.3. The Bertz CT molecular complexity index is 2690. The summed E-state index contributed by atoms with van der Waals surface area (Å²) < 4.78 is 11.7. The molecule has 0 fully saturated rings. The average molecular weight is 2010 g/mol. The van der Waals surface area contributed by atoms with Crippen LogP contribution in [0.25, 0.3) is 0 Å². The number of hydrogen-bond donors (Lipinski definition) is 2. The molecule has 0 bridgehead atoms. The van der Waals surface area contributed by atoms with Crippen LogP contribution in [0.3, 0.4) is 0 Å². The van der Waals surface area contributed by atoms with E-state index in [1.54, 1.807) is 12.2 Å². The number of carboxylic acids is 1. The van der Waals surface area contributed by atoms with E-state index in [1.807, 2.05) is 26.2 Å². The van der Waals surface area contributed by atoms with Gasteiger partial charge in [0.2, 0.25) is 0 Å². The first kappa shape index (κ1) is 137. The average Bonchev–Trinajstić information content (AvgIpc) is 0.962. The maximum atomic E-state index is 12.4. The number of alkyl halides is 2. The summed E-state index contributed by atoms with van der Waals surface area (Å²) in [6, 6.07) is 0. The Labute approximate surface area is 856 Å². The molecule has 0 aromatic heterocycles. The van der Waals surface area contributed by atoms with Crippen molar-refractivity contribution in [1.82, 2.24) is 4.90 Å². The van der Waals surface area contributed by atoms with Gasteiger partial charge in [0.15, 0.2) is 0 Å². The summed E-state index contributed by atoms with van der Waals surface area (Å²) in [6.45, 7) is 14.3. The molecule has 10 heteroatoms. The topological polar surface area (TPSA) is 113 Å². The van der Waals surface area contributed by atoms with E-state index in [0.29, 0.717) is 10.7 Å². The number of nitrogens with zero attached hydrogens (tertiary/aromatic N) is 1. The molecule has 0 aliphatic heterocycles. The third-order valence-corrected chi connectivity index (χ3v) is 25.1. The van der Waals surface area contributed by atoms with Gasteiger partial charge in [0, 0.05) is 35.4 Å². The lowest BCUT2D eigenvalue weighted by Crippen LogP contribution is -2.17. The highest BCUT2D eigenvalue weighted by molar-refractivity contribution is 9.09. The van der Waals surface area contributed by atoms with Crippen LogP contribution in [0.1, 0.15) is 542 Å². The number of unbranched alkanes of at least 4 members (excludes halogenated alkanes) is 54. The number of carboxylic acid groups (broad SMARTS) is 1. The lowest BCUT2D eigenvalue weighted by Gasteiger charge is -2.17. The standard InChI is InChI=1S/C43H77NO2.C41H71BrO2.C37H68O.C4H5BrO2/c1-5-7-9-11-13-15-17-19-21-23-25-27-29-31-33-35-38-42(46-43(45)40-37-41-44(3)4)39-36-34-32-30-28-26-24-22-20-18-16-14-12-10-8-6-2;1-3-5-7-9-11-13-15-17-19-21-23-25-27-29-31-33-36-40(44-41(43)38-35-39-42)37-34-32-30-28-26-24-22-20-18-16-14-12-10-8-6-4-2;1-3-5-7-9-11-13-15-17-19-21-23-25-27-29-31-33-35-37(38)36-34-32-30-28-26-24-22-20-18-16-14-12-10-8-6-4-2;5-3-1-2-4(6)7/h13-16,19-22,37,40,42H,5-12,17-18,23-36,38-39,41H2,1-4H3;11-14,17-20,35,38,40H,3-10,15-16,21-34,36-37,39H2,1-2H3;11-14,17-20,37-38H,3-10,15-16,21-36H2,1-2H3;1-2H,3H2,(H,6,7)/b15-13-,16-14-,21-19-,22-20-,40-37+;13-11-,14-12-,19-17-,20-18-,38-35+;13-11-,14-12-,19-17-,20-18-;2-1+. The van der Waals surface area contributed by atoms with Gasteiger partial charge in [-0.3, -0.25) is 0 Å². The second kappa shape index (κ2) is 127. The summed E-state index contributed by atoms with van der Waals surface area (Å²) in [6.07, 6.45) is 163. The molecule has 0 atom stereocenters. The van der Waals surface area contributed by atoms with Crippen LogP contribution in [0.4, 0.5) is 0 Å². The lowest BCUT2D eigenvalue weighted by molar-refractivity contribution is -0.144. The fraction of sp³-hybridized carbons (Fsp3) is 0.736. The number of carbonyl (C=O) groups is 3. The zero-order valence-electron chi connectivity index (χ0n) is 90.0. The number of likely N-dealkylation sites (N-methyl/N-ethyl adjacent to an activating group) is 1. The molecule has 135 heavy (non-hydrogen) atoms. The number of carbonyl (C=O) groups excluding carboxylic acids is 2. The number of aliphatic hydroxyl groups is 1. The zero-order chi connectivity index (χ0) is 98.9. The fourth-order valence-electron chi connectivity index (χ4n) is 15.9. The van der Waals surface area contributed by atoms with Gasteiger partial charge >= 0.3 is 17.9 Å². The molecule has 0 aromatic rings. The summed E-state index contributed by atoms with van der Waals surface area (Å²) in [5, 5.41) is 19.5. The van der Waals surface area contributed by atoms with Crippen molar-refractivity contribution >= 4 is 49.8 Å². The molecule has 782 valence electrons. The largest absolute Gasteiger partial charge is 0.478 e. The van der Waals surface area contributed by atoms with Gasteiger partial charge < -0.3 is 24.6 Å². The van der Waals surface area contributed by atoms with E-state index in [9.17, 15) is 19.5 Å². The molecule has 0 saturated carbocycles. The van der Waals surface area contributed by atoms with Crippen molar-refractivity contribution in [3.05, 3.63) is 182 Å². The molecular formula is C125H221Br2NO7. The number of allylic oxidation sites excluding steroid dienone is 26. The van der Waals surface area contributed by atoms with Crippen molar-refractivity contribution < 1.29 is 34.1 Å². The first-order valence-corrected chi connectivity index (χ1v) is 59.5. The minimum atomic E-state index is -0.903. The van der Waals surface area contributed by atoms with E-state index in [0.717, 1.165) is 115 Å². The van der Waals surface area contributed by atoms with Gasteiger partial charge in [-0.1, -0.05) is 481 Å². The molecular weight excluding hydrogens is 1790 g/mol. The molecule has 0 unspecified atom stereocenters. The summed E-state index contributed by atoms with van der Waals surface area (Å²) >= 11 is 6.37. The first-order chi connectivity index (χ1) is 66.4. The molecule has 0 heterocycles. The van der Waals surface area contributed by atoms with E-state index in [1.165, 1.54) is 404 Å². The normalized spacial score (nSPS) is 12.4. The van der Waals surface area contributed by atoms with Crippen LogP contribution in [0.15, 0.2) is 182 Å². The van der Waals surface area contributed by atoms with Gasteiger partial charge in [0.1, 0.15) is 12.2 Å². The predicted molar refractivity (Wildman–Crippen MR) is 611 cm³/mol. The minimum absolute atomic E-state index is 0.0631. The van der Waals surface area contributed by atoms with Gasteiger partial charge in [-0.2, -0.15) is 0 Å². The van der Waals surface area contributed by atoms with Crippen molar-refractivity contribution in [1.29, 1.82) is 0 Å². The molecule has 0 aliphatic rings. The Hall–Kier alpha value is -4.61. The van der Waals surface area contributed by atoms with Crippen molar-refractivity contribution in [2.45, 2.75) is 561 Å². The van der Waals surface area contributed by atoms with Crippen LogP contribution >= 0.6 is 31.9 Å². The summed E-state index contributed by atoms with van der Waals surface area (Å²) in [7, 11) is 4.02. The van der Waals surface area contributed by atoms with Crippen LogP contribution in [-0.4, -0.2) is 82.6 Å². The smallest absolute Gasteiger partial charge is 0.330 e. The van der Waals surface area contributed by atoms with Gasteiger partial charge in [-0.25, -0.2) is 14.4 Å². The fourth-order valence-corrected chi connectivity index (χ4v) is 16.3. The third kappa shape index (κ3) is 134. The summed E-state index contributed by atoms with van der Waals surface area (Å²) in [5.74, 6) is -1.26. The summed E-state index contributed by atoms with van der Waals surface area (Å²) in [5.41, 5.74) is 0. The molecule has 0 aliphatic carbocycles. The van der Waals surface area contributed by atoms with E-state index < -0.39 is 5.97 Å². The number of aliphatic carboxylic acids is 1. The Balaban J connectivity index is -0.000000921. The molecule has 0 aromatic carbocycles. The molecule has 0 rings (SSSR count). The van der Waals surface area contributed by atoms with E-state index in [4.69, 9.17) is 14.6 Å². The Kier molecular flexibility index (Phi) is 129. The number of ether oxygens (including phenoxy) is 2. The monoisotopic (exact) mass is 2010 g/mol. The van der Waals surface area contributed by atoms with E-state index in [2.05, 4.69) is 224 Å². The van der Waals surface area contributed by atoms with Crippen molar-refractivity contribution in [3.63, 3.8) is 0 Å². The number of esters is 2. The number of hydrogen-bond acceptors (Lipinski definition) is 7. The van der Waals surface area contributed by atoms with Crippen LogP contribution in [-0.2, 0) is 23.9 Å². The Morgan fingerprint density at radius 3 is 0.578 bits per heavy atom. The maximum absolute atomic E-state index is 12.4. The van der Waals surface area contributed by atoms with Gasteiger partial charge in [0.25, 0.3) is 0 Å². The van der Waals surface area contributed by atoms with Crippen LogP contribution < -0.4 is 0 Å². The van der Waals surface area contributed by atoms with Crippen LogP contribution in [0.5, 0.6) is 0 Å². The van der Waals surface area contributed by atoms with Crippen LogP contribution in [0, 0.1) is 0 Å². The second-order valence-electron chi connectivity index (χ2n) is 38.1. The van der Waals surface area contributed by atoms with Gasteiger partial charge in [0.05, 0.1) is 6.10 Å².